The zero-order valence-electron chi connectivity index (χ0n) is 18.5. The molecule has 8 heteroatoms. The van der Waals surface area contributed by atoms with E-state index < -0.39 is 18.1 Å². The summed E-state index contributed by atoms with van der Waals surface area (Å²) in [6.45, 7) is 0.242. The van der Waals surface area contributed by atoms with Crippen LogP contribution in [0.3, 0.4) is 0 Å². The summed E-state index contributed by atoms with van der Waals surface area (Å²) in [7, 11) is 0. The number of carboxylic acid groups (broad SMARTS) is 1. The van der Waals surface area contributed by atoms with Gasteiger partial charge in [0.05, 0.1) is 0 Å². The summed E-state index contributed by atoms with van der Waals surface area (Å²) < 4.78 is 5.55. The monoisotopic (exact) mass is 468 g/mol. The third-order valence-electron chi connectivity index (χ3n) is 6.40. The van der Waals surface area contributed by atoms with Crippen LogP contribution in [-0.4, -0.2) is 53.8 Å². The molecule has 2 amide bonds. The van der Waals surface area contributed by atoms with Crippen molar-refractivity contribution < 1.29 is 24.2 Å². The summed E-state index contributed by atoms with van der Waals surface area (Å²) in [6, 6.07) is 15.3. The zero-order valence-corrected chi connectivity index (χ0v) is 19.3. The molecule has 174 valence electrons. The number of carbonyl (C=O) groups is 3. The van der Waals surface area contributed by atoms with Gasteiger partial charge in [0.2, 0.25) is 5.91 Å². The normalized spacial score (nSPS) is 19.5. The standard InChI is InChI=1S/C25H28N2O5S/c1-33-11-10-22(24(29)30)27-23(28)15-12-16(13-15)26-25(31)32-14-21-19-8-4-2-6-17(19)18-7-3-5-9-20(18)21/h2-9,15-16,21-22H,10-14H2,1H3,(H,26,31)(H,27,28)(H,29,30). The quantitative estimate of drug-likeness (QED) is 0.519. The van der Waals surface area contributed by atoms with E-state index in [9.17, 15) is 19.5 Å². The Hall–Kier alpha value is -3.00. The van der Waals surface area contributed by atoms with Crippen LogP contribution in [0, 0.1) is 5.92 Å². The SMILES string of the molecule is CSCCC(NC(=O)C1CC(NC(=O)OCC2c3ccccc3-c3ccccc32)C1)C(=O)O. The largest absolute Gasteiger partial charge is 0.480 e. The van der Waals surface area contributed by atoms with Gasteiger partial charge in [-0.05, 0) is 53.5 Å². The average molecular weight is 469 g/mol. The Kier molecular flexibility index (Phi) is 7.23. The number of hydrogen-bond donors (Lipinski definition) is 3. The second-order valence-corrected chi connectivity index (χ2v) is 9.50. The molecule has 0 aromatic heterocycles. The van der Waals surface area contributed by atoms with E-state index in [4.69, 9.17) is 4.74 Å². The van der Waals surface area contributed by atoms with Gasteiger partial charge in [-0.25, -0.2) is 9.59 Å². The number of aliphatic carboxylic acids is 1. The number of nitrogens with one attached hydrogen (secondary N) is 2. The molecule has 33 heavy (non-hydrogen) atoms. The van der Waals surface area contributed by atoms with Crippen LogP contribution >= 0.6 is 11.8 Å². The highest BCUT2D eigenvalue weighted by atomic mass is 32.2. The summed E-state index contributed by atoms with van der Waals surface area (Å²) in [5.41, 5.74) is 4.65. The number of ether oxygens (including phenoxy) is 1. The van der Waals surface area contributed by atoms with Gasteiger partial charge in [-0.15, -0.1) is 0 Å². The molecule has 0 bridgehead atoms. The van der Waals surface area contributed by atoms with Crippen LogP contribution in [0.1, 0.15) is 36.3 Å². The van der Waals surface area contributed by atoms with E-state index in [1.54, 1.807) is 0 Å². The molecule has 2 aliphatic carbocycles. The van der Waals surface area contributed by atoms with Crippen LogP contribution in [0.15, 0.2) is 48.5 Å². The second-order valence-electron chi connectivity index (χ2n) is 8.52. The first-order valence-corrected chi connectivity index (χ1v) is 12.5. The van der Waals surface area contributed by atoms with Crippen LogP contribution in [0.25, 0.3) is 11.1 Å². The second kappa shape index (κ2) is 10.3. The molecule has 4 rings (SSSR count). The first-order valence-electron chi connectivity index (χ1n) is 11.1. The molecular formula is C25H28N2O5S. The first kappa shape index (κ1) is 23.2. The molecule has 7 nitrogen and oxygen atoms in total. The summed E-state index contributed by atoms with van der Waals surface area (Å²) in [5.74, 6) is -0.926. The molecule has 0 spiro atoms. The van der Waals surface area contributed by atoms with E-state index in [-0.39, 0.29) is 30.4 Å². The van der Waals surface area contributed by atoms with E-state index in [0.29, 0.717) is 25.0 Å². The van der Waals surface area contributed by atoms with Crippen LogP contribution < -0.4 is 10.6 Å². The molecule has 0 saturated heterocycles. The molecule has 0 aliphatic heterocycles. The molecule has 1 atom stereocenters. The Bertz CT molecular complexity index is 991. The molecule has 0 heterocycles. The lowest BCUT2D eigenvalue weighted by Gasteiger charge is -2.35. The van der Waals surface area contributed by atoms with Crippen molar-refractivity contribution in [2.75, 3.05) is 18.6 Å². The highest BCUT2D eigenvalue weighted by Gasteiger charge is 2.37. The minimum atomic E-state index is -1.02. The minimum Gasteiger partial charge on any atom is -0.480 e. The van der Waals surface area contributed by atoms with Gasteiger partial charge in [0, 0.05) is 17.9 Å². The van der Waals surface area contributed by atoms with Gasteiger partial charge in [-0.2, -0.15) is 11.8 Å². The van der Waals surface area contributed by atoms with Crippen molar-refractivity contribution in [3.8, 4) is 11.1 Å². The van der Waals surface area contributed by atoms with Gasteiger partial charge in [-0.3, -0.25) is 4.79 Å². The van der Waals surface area contributed by atoms with Crippen molar-refractivity contribution in [2.24, 2.45) is 5.92 Å². The molecule has 1 unspecified atom stereocenters. The third-order valence-corrected chi connectivity index (χ3v) is 7.04. The van der Waals surface area contributed by atoms with Crippen molar-refractivity contribution in [1.29, 1.82) is 0 Å². The molecule has 0 radical (unpaired) electrons. The van der Waals surface area contributed by atoms with Crippen LogP contribution in [0.4, 0.5) is 4.79 Å². The van der Waals surface area contributed by atoms with Gasteiger partial charge < -0.3 is 20.5 Å². The van der Waals surface area contributed by atoms with Crippen molar-refractivity contribution in [3.63, 3.8) is 0 Å². The molecule has 1 saturated carbocycles. The number of carboxylic acids is 1. The first-order chi connectivity index (χ1) is 16.0. The van der Waals surface area contributed by atoms with Gasteiger partial charge in [0.15, 0.2) is 0 Å². The molecule has 3 N–H and O–H groups in total. The molecule has 2 aromatic rings. The maximum atomic E-state index is 12.4. The predicted octanol–water partition coefficient (Wildman–Crippen LogP) is 3.63. The number of thioether (sulfide) groups is 1. The number of amides is 2. The van der Waals surface area contributed by atoms with E-state index in [0.717, 1.165) is 11.1 Å². The number of benzene rings is 2. The van der Waals surface area contributed by atoms with Crippen LogP contribution in [0.5, 0.6) is 0 Å². The zero-order chi connectivity index (χ0) is 23.4. The lowest BCUT2D eigenvalue weighted by Crippen LogP contribution is -2.52. The Balaban J connectivity index is 1.24. The summed E-state index contributed by atoms with van der Waals surface area (Å²) >= 11 is 1.54. The summed E-state index contributed by atoms with van der Waals surface area (Å²) in [6.07, 6.45) is 2.74. The highest BCUT2D eigenvalue weighted by molar-refractivity contribution is 7.98. The maximum Gasteiger partial charge on any atom is 0.407 e. The number of alkyl carbamates (subject to hydrolysis) is 1. The van der Waals surface area contributed by atoms with E-state index in [2.05, 4.69) is 34.9 Å². The summed E-state index contributed by atoms with van der Waals surface area (Å²) in [5, 5.41) is 14.7. The lowest BCUT2D eigenvalue weighted by molar-refractivity contribution is -0.143. The van der Waals surface area contributed by atoms with Gasteiger partial charge >= 0.3 is 12.1 Å². The lowest BCUT2D eigenvalue weighted by atomic mass is 9.79. The maximum absolute atomic E-state index is 12.4. The Morgan fingerprint density at radius 3 is 2.24 bits per heavy atom. The molecule has 2 aromatic carbocycles. The van der Waals surface area contributed by atoms with Gasteiger partial charge in [0.1, 0.15) is 12.6 Å². The van der Waals surface area contributed by atoms with E-state index in [1.807, 2.05) is 30.5 Å². The molecule has 1 fully saturated rings. The number of rotatable bonds is 9. The van der Waals surface area contributed by atoms with Crippen LogP contribution in [-0.2, 0) is 14.3 Å². The topological polar surface area (TPSA) is 105 Å². The fourth-order valence-electron chi connectivity index (χ4n) is 4.54. The number of carbonyl (C=O) groups excluding carboxylic acids is 2. The smallest absolute Gasteiger partial charge is 0.407 e. The Morgan fingerprint density at radius 2 is 1.67 bits per heavy atom. The van der Waals surface area contributed by atoms with Gasteiger partial charge in [0.25, 0.3) is 0 Å². The van der Waals surface area contributed by atoms with Crippen molar-refractivity contribution in [1.82, 2.24) is 10.6 Å². The number of fused-ring (bicyclic) bond motifs is 3. The fourth-order valence-corrected chi connectivity index (χ4v) is 5.01. The van der Waals surface area contributed by atoms with Gasteiger partial charge in [-0.1, -0.05) is 48.5 Å². The van der Waals surface area contributed by atoms with Crippen LogP contribution in [0.2, 0.25) is 0 Å². The van der Waals surface area contributed by atoms with E-state index in [1.165, 1.54) is 22.9 Å². The van der Waals surface area contributed by atoms with Crippen molar-refractivity contribution in [2.45, 2.75) is 37.3 Å². The van der Waals surface area contributed by atoms with E-state index >= 15 is 0 Å². The molecular weight excluding hydrogens is 440 g/mol. The molecule has 2 aliphatic rings. The third kappa shape index (κ3) is 5.16. The predicted molar refractivity (Wildman–Crippen MR) is 127 cm³/mol. The Labute approximate surface area is 197 Å². The summed E-state index contributed by atoms with van der Waals surface area (Å²) in [4.78, 5) is 36.0. The minimum absolute atomic E-state index is 0.00250. The average Bonchev–Trinajstić information content (AvgIpc) is 3.10. The highest BCUT2D eigenvalue weighted by Crippen LogP contribution is 2.44. The Morgan fingerprint density at radius 1 is 1.06 bits per heavy atom. The number of hydrogen-bond acceptors (Lipinski definition) is 5. The fraction of sp³-hybridized carbons (Fsp3) is 0.400. The van der Waals surface area contributed by atoms with Crippen molar-refractivity contribution in [3.05, 3.63) is 59.7 Å². The van der Waals surface area contributed by atoms with Crippen molar-refractivity contribution >= 4 is 29.7 Å².